The molecule has 10 heavy (non-hydrogen) atoms. The molecule has 0 radical (unpaired) electrons. The number of hydrogen-bond acceptors (Lipinski definition) is 6. The molecular weight excluding hydrogens is 152 g/mol. The van der Waals surface area contributed by atoms with Crippen LogP contribution in [0.25, 0.3) is 0 Å². The highest BCUT2D eigenvalue weighted by Gasteiger charge is 2.12. The van der Waals surface area contributed by atoms with Gasteiger partial charge in [-0.25, -0.2) is 5.01 Å². The number of hydrazone groups is 1. The molecule has 0 unspecified atom stereocenters. The molecule has 2 heterocycles. The van der Waals surface area contributed by atoms with Gasteiger partial charge in [0.1, 0.15) is 0 Å². The molecule has 2 rings (SSSR count). The predicted octanol–water partition coefficient (Wildman–Crippen LogP) is 0.524. The second-order valence-corrected chi connectivity index (χ2v) is 2.44. The SMILES string of the molecule is C1=NN(c2ncno2)CS1. The van der Waals surface area contributed by atoms with Crippen LogP contribution in [0.4, 0.5) is 6.01 Å². The number of thioether (sulfide) groups is 1. The van der Waals surface area contributed by atoms with E-state index in [9.17, 15) is 0 Å². The van der Waals surface area contributed by atoms with Crippen LogP contribution in [0, 0.1) is 0 Å². The average Bonchev–Trinajstić information content (AvgIpc) is 2.59. The quantitative estimate of drug-likeness (QED) is 0.593. The van der Waals surface area contributed by atoms with Gasteiger partial charge >= 0.3 is 6.01 Å². The maximum Gasteiger partial charge on any atom is 0.345 e. The molecule has 0 bridgehead atoms. The smallest absolute Gasteiger partial charge is 0.314 e. The molecule has 1 aliphatic heterocycles. The van der Waals surface area contributed by atoms with Gasteiger partial charge in [-0.3, -0.25) is 0 Å². The Labute approximate surface area is 61.1 Å². The second-order valence-electron chi connectivity index (χ2n) is 1.64. The molecule has 52 valence electrons. The lowest BCUT2D eigenvalue weighted by atomic mass is 11.0. The van der Waals surface area contributed by atoms with Gasteiger partial charge in [-0.05, 0) is 0 Å². The highest BCUT2D eigenvalue weighted by atomic mass is 32.2. The van der Waals surface area contributed by atoms with E-state index in [-0.39, 0.29) is 0 Å². The highest BCUT2D eigenvalue weighted by Crippen LogP contribution is 2.16. The van der Waals surface area contributed by atoms with E-state index in [2.05, 4.69) is 15.2 Å². The summed E-state index contributed by atoms with van der Waals surface area (Å²) in [6.07, 6.45) is 1.36. The molecule has 1 aliphatic rings. The zero-order chi connectivity index (χ0) is 6.81. The summed E-state index contributed by atoms with van der Waals surface area (Å²) in [5.74, 6) is 0.752. The Balaban J connectivity index is 2.20. The Kier molecular flexibility index (Phi) is 1.31. The van der Waals surface area contributed by atoms with Crippen molar-refractivity contribution in [1.82, 2.24) is 10.1 Å². The van der Waals surface area contributed by atoms with Gasteiger partial charge in [0.25, 0.3) is 0 Å². The lowest BCUT2D eigenvalue weighted by Gasteiger charge is -2.03. The molecule has 6 heteroatoms. The maximum absolute atomic E-state index is 4.76. The molecule has 0 spiro atoms. The lowest BCUT2D eigenvalue weighted by Crippen LogP contribution is -2.10. The van der Waals surface area contributed by atoms with Crippen molar-refractivity contribution in [3.63, 3.8) is 0 Å². The molecular formula is C4H4N4OS. The summed E-state index contributed by atoms with van der Waals surface area (Å²) in [6.45, 7) is 0. The van der Waals surface area contributed by atoms with Gasteiger partial charge in [-0.15, -0.1) is 0 Å². The van der Waals surface area contributed by atoms with Crippen LogP contribution in [0.1, 0.15) is 0 Å². The van der Waals surface area contributed by atoms with Crippen LogP contribution < -0.4 is 5.01 Å². The normalized spacial score (nSPS) is 16.6. The van der Waals surface area contributed by atoms with E-state index in [1.54, 1.807) is 22.3 Å². The van der Waals surface area contributed by atoms with Gasteiger partial charge in [-0.1, -0.05) is 16.9 Å². The molecule has 0 aliphatic carbocycles. The Morgan fingerprint density at radius 1 is 1.70 bits per heavy atom. The van der Waals surface area contributed by atoms with E-state index < -0.39 is 0 Å². The van der Waals surface area contributed by atoms with Crippen molar-refractivity contribution in [2.45, 2.75) is 0 Å². The molecule has 0 amide bonds. The summed E-state index contributed by atoms with van der Waals surface area (Å²) in [5.41, 5.74) is 1.74. The van der Waals surface area contributed by atoms with Crippen molar-refractivity contribution in [3.05, 3.63) is 6.33 Å². The van der Waals surface area contributed by atoms with Gasteiger partial charge < -0.3 is 4.52 Å². The molecule has 5 nitrogen and oxygen atoms in total. The van der Waals surface area contributed by atoms with Crippen LogP contribution in [-0.2, 0) is 0 Å². The fourth-order valence-electron chi connectivity index (χ4n) is 0.613. The largest absolute Gasteiger partial charge is 0.345 e. The standard InChI is InChI=1S/C4H4N4OS/c1-5-4(9-7-1)8-3-10-2-6-8/h1-2H,3H2. The van der Waals surface area contributed by atoms with Gasteiger partial charge in [-0.2, -0.15) is 10.1 Å². The van der Waals surface area contributed by atoms with E-state index in [1.165, 1.54) is 6.33 Å². The first-order chi connectivity index (χ1) is 4.97. The Morgan fingerprint density at radius 3 is 3.30 bits per heavy atom. The van der Waals surface area contributed by atoms with Crippen LogP contribution in [0.3, 0.4) is 0 Å². The molecule has 0 N–H and O–H groups in total. The van der Waals surface area contributed by atoms with Crippen molar-refractivity contribution in [1.29, 1.82) is 0 Å². The zero-order valence-corrected chi connectivity index (χ0v) is 5.78. The fraction of sp³-hybridized carbons (Fsp3) is 0.250. The van der Waals surface area contributed by atoms with Gasteiger partial charge in [0.2, 0.25) is 0 Å². The van der Waals surface area contributed by atoms with Crippen LogP contribution >= 0.6 is 11.8 Å². The summed E-state index contributed by atoms with van der Waals surface area (Å²) in [4.78, 5) is 3.82. The van der Waals surface area contributed by atoms with Crippen molar-refractivity contribution in [2.24, 2.45) is 5.10 Å². The van der Waals surface area contributed by atoms with E-state index in [4.69, 9.17) is 4.52 Å². The predicted molar refractivity (Wildman–Crippen MR) is 37.7 cm³/mol. The summed E-state index contributed by atoms with van der Waals surface area (Å²) in [6, 6.07) is 0.446. The Bertz CT molecular complexity index is 233. The monoisotopic (exact) mass is 156 g/mol. The van der Waals surface area contributed by atoms with Crippen LogP contribution in [-0.4, -0.2) is 21.6 Å². The molecule has 1 aromatic heterocycles. The number of hydrogen-bond donors (Lipinski definition) is 0. The second kappa shape index (κ2) is 2.30. The molecule has 0 fully saturated rings. The lowest BCUT2D eigenvalue weighted by molar-refractivity contribution is 0.418. The van der Waals surface area contributed by atoms with Crippen LogP contribution in [0.2, 0.25) is 0 Å². The molecule has 0 aromatic carbocycles. The van der Waals surface area contributed by atoms with Gasteiger partial charge in [0, 0.05) is 0 Å². The molecule has 0 saturated carbocycles. The molecule has 0 saturated heterocycles. The highest BCUT2D eigenvalue weighted by molar-refractivity contribution is 8.12. The first-order valence-electron chi connectivity index (χ1n) is 2.65. The third-order valence-electron chi connectivity index (χ3n) is 1.03. The van der Waals surface area contributed by atoms with E-state index in [0.717, 1.165) is 5.88 Å². The van der Waals surface area contributed by atoms with Crippen molar-refractivity contribution < 1.29 is 4.52 Å². The minimum absolute atomic E-state index is 0.446. The van der Waals surface area contributed by atoms with E-state index in [1.807, 2.05) is 0 Å². The third kappa shape index (κ3) is 0.860. The maximum atomic E-state index is 4.76. The van der Waals surface area contributed by atoms with Crippen LogP contribution in [0.5, 0.6) is 0 Å². The van der Waals surface area contributed by atoms with Crippen LogP contribution in [0.15, 0.2) is 16.0 Å². The summed E-state index contributed by atoms with van der Waals surface area (Å²) in [5, 5.41) is 9.05. The summed E-state index contributed by atoms with van der Waals surface area (Å²) in [7, 11) is 0. The summed E-state index contributed by atoms with van der Waals surface area (Å²) >= 11 is 1.59. The number of nitrogens with zero attached hydrogens (tertiary/aromatic N) is 4. The number of rotatable bonds is 1. The fourth-order valence-corrected chi connectivity index (χ4v) is 1.18. The van der Waals surface area contributed by atoms with E-state index >= 15 is 0 Å². The first kappa shape index (κ1) is 5.72. The minimum Gasteiger partial charge on any atom is -0.314 e. The van der Waals surface area contributed by atoms with Crippen molar-refractivity contribution in [3.8, 4) is 0 Å². The number of aromatic nitrogens is 2. The van der Waals surface area contributed by atoms with Gasteiger partial charge in [0.15, 0.2) is 6.33 Å². The van der Waals surface area contributed by atoms with Crippen molar-refractivity contribution >= 4 is 23.3 Å². The zero-order valence-electron chi connectivity index (χ0n) is 4.97. The molecule has 1 aromatic rings. The van der Waals surface area contributed by atoms with E-state index in [0.29, 0.717) is 6.01 Å². The summed E-state index contributed by atoms with van der Waals surface area (Å²) < 4.78 is 4.76. The third-order valence-corrected chi connectivity index (χ3v) is 1.67. The van der Waals surface area contributed by atoms with Crippen molar-refractivity contribution in [2.75, 3.05) is 10.9 Å². The Morgan fingerprint density at radius 2 is 2.70 bits per heavy atom. The minimum atomic E-state index is 0.446. The first-order valence-corrected chi connectivity index (χ1v) is 3.70. The number of anilines is 1. The topological polar surface area (TPSA) is 54.5 Å². The van der Waals surface area contributed by atoms with Gasteiger partial charge in [0.05, 0.1) is 11.4 Å². The molecule has 0 atom stereocenters. The average molecular weight is 156 g/mol. The Hall–Kier alpha value is -1.04.